The number of hydrogen-bond donors (Lipinski definition) is 2. The molecule has 1 atom stereocenters. The van der Waals surface area contributed by atoms with Crippen LogP contribution in [0.4, 0.5) is 5.69 Å². The molecule has 7 nitrogen and oxygen atoms in total. The maximum Gasteiger partial charge on any atom is 0.252 e. The lowest BCUT2D eigenvalue weighted by molar-refractivity contribution is -0.113. The number of benzene rings is 2. The zero-order valence-corrected chi connectivity index (χ0v) is 20.0. The van der Waals surface area contributed by atoms with Gasteiger partial charge in [-0.3, -0.25) is 9.59 Å². The minimum Gasteiger partial charge on any atom is -0.342 e. The summed E-state index contributed by atoms with van der Waals surface area (Å²) in [6.45, 7) is 8.26. The molecule has 0 fully saturated rings. The number of thioether (sulfide) groups is 1. The van der Waals surface area contributed by atoms with E-state index in [1.165, 1.54) is 11.8 Å². The molecule has 0 saturated heterocycles. The first kappa shape index (κ1) is 23.8. The molecule has 0 bridgehead atoms. The molecule has 168 valence electrons. The number of carbonyl (C=O) groups is 2. The van der Waals surface area contributed by atoms with E-state index in [1.54, 1.807) is 24.3 Å². The van der Waals surface area contributed by atoms with Crippen molar-refractivity contribution in [2.45, 2.75) is 45.4 Å². The molecule has 9 heteroatoms. The normalized spacial score (nSPS) is 11.8. The summed E-state index contributed by atoms with van der Waals surface area (Å²) in [6, 6.07) is 12.4. The van der Waals surface area contributed by atoms with Crippen molar-refractivity contribution in [3.05, 3.63) is 70.0 Å². The largest absolute Gasteiger partial charge is 0.342 e. The van der Waals surface area contributed by atoms with E-state index in [9.17, 15) is 9.59 Å². The third kappa shape index (κ3) is 5.69. The molecular formula is C23H26ClN5O2S. The Kier molecular flexibility index (Phi) is 7.93. The number of rotatable bonds is 8. The van der Waals surface area contributed by atoms with E-state index in [1.807, 2.05) is 50.5 Å². The Balaban J connectivity index is 1.64. The van der Waals surface area contributed by atoms with E-state index in [2.05, 4.69) is 20.8 Å². The van der Waals surface area contributed by atoms with Gasteiger partial charge in [0.1, 0.15) is 0 Å². The van der Waals surface area contributed by atoms with Crippen LogP contribution in [0.15, 0.2) is 47.6 Å². The molecule has 0 spiro atoms. The Bertz CT molecular complexity index is 1130. The van der Waals surface area contributed by atoms with Gasteiger partial charge in [0.05, 0.1) is 11.8 Å². The molecule has 3 rings (SSSR count). The quantitative estimate of drug-likeness (QED) is 0.461. The second-order valence-electron chi connectivity index (χ2n) is 7.39. The molecule has 0 radical (unpaired) electrons. The predicted molar refractivity (Wildman–Crippen MR) is 128 cm³/mol. The van der Waals surface area contributed by atoms with Gasteiger partial charge >= 0.3 is 0 Å². The van der Waals surface area contributed by atoms with Crippen molar-refractivity contribution in [1.82, 2.24) is 20.1 Å². The summed E-state index contributed by atoms with van der Waals surface area (Å²) in [5.41, 5.74) is 3.16. The molecule has 1 aromatic heterocycles. The van der Waals surface area contributed by atoms with Crippen LogP contribution in [-0.4, -0.2) is 32.3 Å². The average Bonchev–Trinajstić information content (AvgIpc) is 3.17. The zero-order chi connectivity index (χ0) is 23.3. The van der Waals surface area contributed by atoms with E-state index in [0.717, 1.165) is 16.8 Å². The summed E-state index contributed by atoms with van der Waals surface area (Å²) in [5, 5.41) is 15.6. The first-order valence-electron chi connectivity index (χ1n) is 10.3. The van der Waals surface area contributed by atoms with E-state index in [0.29, 0.717) is 28.1 Å². The Labute approximate surface area is 197 Å². The molecular weight excluding hydrogens is 446 g/mol. The van der Waals surface area contributed by atoms with Crippen LogP contribution >= 0.6 is 23.4 Å². The van der Waals surface area contributed by atoms with Crippen LogP contribution < -0.4 is 10.6 Å². The number of nitrogens with one attached hydrogen (secondary N) is 2. The van der Waals surface area contributed by atoms with Crippen LogP contribution in [0.5, 0.6) is 0 Å². The molecule has 0 aliphatic heterocycles. The van der Waals surface area contributed by atoms with Gasteiger partial charge in [0.15, 0.2) is 11.0 Å². The number of amides is 2. The first-order chi connectivity index (χ1) is 15.3. The molecule has 1 heterocycles. The van der Waals surface area contributed by atoms with Crippen molar-refractivity contribution in [2.75, 3.05) is 11.1 Å². The highest BCUT2D eigenvalue weighted by Gasteiger charge is 2.20. The Hall–Kier alpha value is -2.84. The summed E-state index contributed by atoms with van der Waals surface area (Å²) >= 11 is 7.27. The molecule has 0 aliphatic carbocycles. The monoisotopic (exact) mass is 471 g/mol. The molecule has 2 amide bonds. The Morgan fingerprint density at radius 2 is 1.88 bits per heavy atom. The van der Waals surface area contributed by atoms with Gasteiger partial charge in [-0.05, 0) is 63.1 Å². The number of halogens is 1. The van der Waals surface area contributed by atoms with Crippen molar-refractivity contribution >= 4 is 40.9 Å². The third-order valence-electron chi connectivity index (χ3n) is 4.98. The summed E-state index contributed by atoms with van der Waals surface area (Å²) in [6.07, 6.45) is 0. The van der Waals surface area contributed by atoms with Gasteiger partial charge in [-0.2, -0.15) is 0 Å². The lowest BCUT2D eigenvalue weighted by Gasteiger charge is -2.16. The van der Waals surface area contributed by atoms with Gasteiger partial charge in [-0.25, -0.2) is 0 Å². The Morgan fingerprint density at radius 3 is 2.56 bits per heavy atom. The van der Waals surface area contributed by atoms with Crippen LogP contribution in [0.1, 0.15) is 47.2 Å². The number of carbonyl (C=O) groups excluding carboxylic acids is 2. The number of aromatic nitrogens is 3. The smallest absolute Gasteiger partial charge is 0.252 e. The fourth-order valence-electron chi connectivity index (χ4n) is 3.27. The zero-order valence-electron chi connectivity index (χ0n) is 18.5. The van der Waals surface area contributed by atoms with Gasteiger partial charge < -0.3 is 15.2 Å². The minimum atomic E-state index is -0.338. The van der Waals surface area contributed by atoms with Crippen molar-refractivity contribution in [2.24, 2.45) is 0 Å². The molecule has 32 heavy (non-hydrogen) atoms. The first-order valence-corrected chi connectivity index (χ1v) is 11.6. The van der Waals surface area contributed by atoms with E-state index >= 15 is 0 Å². The standard InChI is InChI=1S/C23H26ClN5O2S/c1-5-29-21(16(4)25-22(31)18-9-7-6-8-14(18)2)27-28-23(29)32-13-20(30)26-19-11-10-17(24)12-15(19)3/h6-12,16H,5,13H2,1-4H3,(H,25,31)(H,26,30)/t16-/m0/s1. The number of anilines is 1. The van der Waals surface area contributed by atoms with Gasteiger partial charge in [0.2, 0.25) is 5.91 Å². The number of hydrogen-bond acceptors (Lipinski definition) is 5. The average molecular weight is 472 g/mol. The SMILES string of the molecule is CCn1c(SCC(=O)Nc2ccc(Cl)cc2C)nnc1[C@H](C)NC(=O)c1ccccc1C. The van der Waals surface area contributed by atoms with Crippen LogP contribution in [-0.2, 0) is 11.3 Å². The van der Waals surface area contributed by atoms with Gasteiger partial charge in [-0.15, -0.1) is 10.2 Å². The number of aryl methyl sites for hydroxylation is 2. The summed E-state index contributed by atoms with van der Waals surface area (Å²) in [7, 11) is 0. The van der Waals surface area contributed by atoms with E-state index in [-0.39, 0.29) is 23.6 Å². The summed E-state index contributed by atoms with van der Waals surface area (Å²) < 4.78 is 1.91. The molecule has 2 N–H and O–H groups in total. The van der Waals surface area contributed by atoms with Gasteiger partial charge in [0.25, 0.3) is 5.91 Å². The van der Waals surface area contributed by atoms with Crippen molar-refractivity contribution in [1.29, 1.82) is 0 Å². The third-order valence-corrected chi connectivity index (χ3v) is 6.18. The second kappa shape index (κ2) is 10.7. The fourth-order valence-corrected chi connectivity index (χ4v) is 4.31. The number of nitrogens with zero attached hydrogens (tertiary/aromatic N) is 3. The summed E-state index contributed by atoms with van der Waals surface area (Å²) in [4.78, 5) is 25.1. The van der Waals surface area contributed by atoms with Crippen LogP contribution in [0, 0.1) is 13.8 Å². The van der Waals surface area contributed by atoms with E-state index < -0.39 is 0 Å². The highest BCUT2D eigenvalue weighted by atomic mass is 35.5. The second-order valence-corrected chi connectivity index (χ2v) is 8.77. The van der Waals surface area contributed by atoms with Crippen LogP contribution in [0.2, 0.25) is 5.02 Å². The van der Waals surface area contributed by atoms with Crippen molar-refractivity contribution in [3.63, 3.8) is 0 Å². The van der Waals surface area contributed by atoms with E-state index in [4.69, 9.17) is 11.6 Å². The van der Waals surface area contributed by atoms with Gasteiger partial charge in [-0.1, -0.05) is 41.6 Å². The highest BCUT2D eigenvalue weighted by Crippen LogP contribution is 2.23. The minimum absolute atomic E-state index is 0.145. The van der Waals surface area contributed by atoms with Crippen molar-refractivity contribution in [3.8, 4) is 0 Å². The molecule has 0 saturated carbocycles. The predicted octanol–water partition coefficient (Wildman–Crippen LogP) is 4.79. The maximum atomic E-state index is 12.7. The molecule has 0 unspecified atom stereocenters. The van der Waals surface area contributed by atoms with Crippen molar-refractivity contribution < 1.29 is 9.59 Å². The van der Waals surface area contributed by atoms with Crippen LogP contribution in [0.3, 0.4) is 0 Å². The topological polar surface area (TPSA) is 88.9 Å². The molecule has 3 aromatic rings. The van der Waals surface area contributed by atoms with Gasteiger partial charge in [0, 0.05) is 22.8 Å². The molecule has 2 aromatic carbocycles. The lowest BCUT2D eigenvalue weighted by atomic mass is 10.1. The fraction of sp³-hybridized carbons (Fsp3) is 0.304. The Morgan fingerprint density at radius 1 is 1.12 bits per heavy atom. The summed E-state index contributed by atoms with van der Waals surface area (Å²) in [5.74, 6) is 0.525. The van der Waals surface area contributed by atoms with Crippen LogP contribution in [0.25, 0.3) is 0 Å². The molecule has 0 aliphatic rings. The lowest BCUT2D eigenvalue weighted by Crippen LogP contribution is -2.29. The maximum absolute atomic E-state index is 12.7. The highest BCUT2D eigenvalue weighted by molar-refractivity contribution is 7.99.